The standard InChI is InChI=1S/C3H4FNO5/c4-5-10-3(9)1(6)2(7)8/h5-6,9H,(H,7,8). The van der Waals surface area contributed by atoms with E-state index in [0.29, 0.717) is 5.70 Å². The Morgan fingerprint density at radius 1 is 1.40 bits per heavy atom. The minimum absolute atomic E-state index is 0.472. The molecule has 0 saturated heterocycles. The molecule has 0 saturated carbocycles. The molecule has 0 heterocycles. The van der Waals surface area contributed by atoms with Gasteiger partial charge in [-0.1, -0.05) is 4.48 Å². The van der Waals surface area contributed by atoms with Gasteiger partial charge in [-0.25, -0.2) is 4.79 Å². The molecule has 0 aromatic rings. The van der Waals surface area contributed by atoms with Crippen molar-refractivity contribution < 1.29 is 29.4 Å². The molecule has 0 rings (SSSR count). The van der Waals surface area contributed by atoms with Crippen LogP contribution < -0.4 is 5.70 Å². The van der Waals surface area contributed by atoms with Crippen molar-refractivity contribution in [3.63, 3.8) is 0 Å². The molecule has 0 aliphatic carbocycles. The molecule has 0 amide bonds. The number of aliphatic hydroxyl groups excluding tert-OH is 2. The largest absolute Gasteiger partial charge is 0.497 e. The highest BCUT2D eigenvalue weighted by molar-refractivity contribution is 5.83. The monoisotopic (exact) mass is 153 g/mol. The molecule has 0 radical (unpaired) electrons. The SMILES string of the molecule is O=C(O)C(O)=C(O)ONF. The van der Waals surface area contributed by atoms with E-state index in [2.05, 4.69) is 4.84 Å². The van der Waals surface area contributed by atoms with Gasteiger partial charge in [0.25, 0.3) is 5.76 Å². The normalized spacial score (nSPS) is 12.1. The van der Waals surface area contributed by atoms with Crippen molar-refractivity contribution in [3.8, 4) is 0 Å². The molecule has 4 N–H and O–H groups in total. The number of nitrogens with one attached hydrogen (secondary N) is 1. The van der Waals surface area contributed by atoms with E-state index in [4.69, 9.17) is 15.3 Å². The summed E-state index contributed by atoms with van der Waals surface area (Å²) in [5.74, 6) is -4.76. The summed E-state index contributed by atoms with van der Waals surface area (Å²) < 4.78 is 10.9. The van der Waals surface area contributed by atoms with Crippen LogP contribution in [0.15, 0.2) is 11.7 Å². The van der Waals surface area contributed by atoms with E-state index in [0.717, 1.165) is 0 Å². The van der Waals surface area contributed by atoms with Crippen LogP contribution in [0.25, 0.3) is 0 Å². The summed E-state index contributed by atoms with van der Waals surface area (Å²) in [6.45, 7) is 0. The van der Waals surface area contributed by atoms with Gasteiger partial charge in [0.2, 0.25) is 0 Å². The first-order valence-corrected chi connectivity index (χ1v) is 1.97. The van der Waals surface area contributed by atoms with Crippen LogP contribution >= 0.6 is 0 Å². The molecule has 58 valence electrons. The van der Waals surface area contributed by atoms with Gasteiger partial charge in [-0.2, -0.15) is 0 Å². The number of carbonyl (C=O) groups is 1. The zero-order chi connectivity index (χ0) is 8.15. The fourth-order valence-electron chi connectivity index (χ4n) is 0.176. The van der Waals surface area contributed by atoms with E-state index in [-0.39, 0.29) is 0 Å². The molecular formula is C3H4FNO5. The summed E-state index contributed by atoms with van der Waals surface area (Å²) >= 11 is 0. The van der Waals surface area contributed by atoms with Gasteiger partial charge in [0.1, 0.15) is 0 Å². The predicted molar refractivity (Wildman–Crippen MR) is 25.2 cm³/mol. The number of halogens is 1. The molecule has 0 atom stereocenters. The fourth-order valence-corrected chi connectivity index (χ4v) is 0.176. The van der Waals surface area contributed by atoms with Crippen LogP contribution in [0.3, 0.4) is 0 Å². The summed E-state index contributed by atoms with van der Waals surface area (Å²) in [6, 6.07) is 0. The van der Waals surface area contributed by atoms with Crippen molar-refractivity contribution in [3.05, 3.63) is 11.7 Å². The molecule has 0 aromatic carbocycles. The van der Waals surface area contributed by atoms with E-state index >= 15 is 0 Å². The molecule has 6 nitrogen and oxygen atoms in total. The molecular weight excluding hydrogens is 149 g/mol. The second-order valence-electron chi connectivity index (χ2n) is 1.14. The van der Waals surface area contributed by atoms with Crippen molar-refractivity contribution in [1.82, 2.24) is 5.70 Å². The van der Waals surface area contributed by atoms with Crippen LogP contribution in [0, 0.1) is 0 Å². The molecule has 0 aliphatic rings. The lowest BCUT2D eigenvalue weighted by Gasteiger charge is -1.97. The summed E-state index contributed by atoms with van der Waals surface area (Å²) in [4.78, 5) is 13.1. The molecule has 10 heavy (non-hydrogen) atoms. The Balaban J connectivity index is 4.19. The molecule has 0 unspecified atom stereocenters. The van der Waals surface area contributed by atoms with Crippen LogP contribution in [-0.2, 0) is 9.63 Å². The summed E-state index contributed by atoms with van der Waals surface area (Å²) in [6.07, 6.45) is 0. The van der Waals surface area contributed by atoms with Crippen molar-refractivity contribution in [2.24, 2.45) is 0 Å². The first-order valence-electron chi connectivity index (χ1n) is 1.97. The summed E-state index contributed by atoms with van der Waals surface area (Å²) in [7, 11) is 0. The smallest absolute Gasteiger partial charge is 0.378 e. The van der Waals surface area contributed by atoms with Crippen LogP contribution in [0.5, 0.6) is 0 Å². The van der Waals surface area contributed by atoms with Crippen molar-refractivity contribution in [2.75, 3.05) is 0 Å². The lowest BCUT2D eigenvalue weighted by molar-refractivity contribution is -0.138. The lowest BCUT2D eigenvalue weighted by Crippen LogP contribution is -2.09. The number of hydrogen-bond donors (Lipinski definition) is 4. The average molecular weight is 153 g/mol. The minimum Gasteiger partial charge on any atom is -0.497 e. The first-order chi connectivity index (χ1) is 4.59. The number of carboxylic acids is 1. The number of hydrogen-bond acceptors (Lipinski definition) is 5. The van der Waals surface area contributed by atoms with Gasteiger partial charge < -0.3 is 20.2 Å². The number of aliphatic carboxylic acids is 1. The Kier molecular flexibility index (Phi) is 2.98. The Bertz CT molecular complexity index is 166. The third kappa shape index (κ3) is 2.18. The van der Waals surface area contributed by atoms with Crippen LogP contribution in [0.1, 0.15) is 0 Å². The highest BCUT2D eigenvalue weighted by Crippen LogP contribution is 1.96. The minimum atomic E-state index is -1.83. The number of carboxylic acid groups (broad SMARTS) is 1. The van der Waals surface area contributed by atoms with Crippen molar-refractivity contribution in [2.45, 2.75) is 0 Å². The fraction of sp³-hybridized carbons (Fsp3) is 0. The van der Waals surface area contributed by atoms with Crippen LogP contribution in [-0.4, -0.2) is 21.3 Å². The van der Waals surface area contributed by atoms with Gasteiger partial charge in [-0.15, -0.1) is 0 Å². The van der Waals surface area contributed by atoms with Gasteiger partial charge in [-0.3, -0.25) is 0 Å². The van der Waals surface area contributed by atoms with E-state index in [1.165, 1.54) is 0 Å². The molecule has 0 spiro atoms. The van der Waals surface area contributed by atoms with Gasteiger partial charge in [0.05, 0.1) is 0 Å². The van der Waals surface area contributed by atoms with Gasteiger partial charge in [-0.05, 0) is 0 Å². The predicted octanol–water partition coefficient (Wildman–Crippen LogP) is -0.238. The van der Waals surface area contributed by atoms with Crippen molar-refractivity contribution in [1.29, 1.82) is 0 Å². The molecule has 0 aromatic heterocycles. The Morgan fingerprint density at radius 3 is 2.20 bits per heavy atom. The Hall–Kier alpha value is -1.50. The summed E-state index contributed by atoms with van der Waals surface area (Å²) in [5.41, 5.74) is 0.472. The van der Waals surface area contributed by atoms with E-state index in [9.17, 15) is 9.28 Å². The van der Waals surface area contributed by atoms with Gasteiger partial charge >= 0.3 is 11.9 Å². The van der Waals surface area contributed by atoms with Crippen LogP contribution in [0.4, 0.5) is 4.48 Å². The van der Waals surface area contributed by atoms with Crippen LogP contribution in [0.2, 0.25) is 0 Å². The number of rotatable bonds is 3. The number of aliphatic hydroxyl groups is 2. The van der Waals surface area contributed by atoms with Gasteiger partial charge in [0, 0.05) is 5.70 Å². The summed E-state index contributed by atoms with van der Waals surface area (Å²) in [5, 5.41) is 24.3. The quantitative estimate of drug-likeness (QED) is 0.193. The van der Waals surface area contributed by atoms with E-state index in [1.54, 1.807) is 0 Å². The molecule has 0 fully saturated rings. The van der Waals surface area contributed by atoms with E-state index in [1.807, 2.05) is 0 Å². The first kappa shape index (κ1) is 8.50. The van der Waals surface area contributed by atoms with E-state index < -0.39 is 17.7 Å². The lowest BCUT2D eigenvalue weighted by atomic mass is 10.5. The zero-order valence-corrected chi connectivity index (χ0v) is 4.54. The maximum atomic E-state index is 10.9. The second kappa shape index (κ2) is 3.51. The second-order valence-corrected chi connectivity index (χ2v) is 1.14. The maximum absolute atomic E-state index is 10.9. The molecule has 7 heteroatoms. The maximum Gasteiger partial charge on any atom is 0.378 e. The van der Waals surface area contributed by atoms with Crippen molar-refractivity contribution >= 4 is 5.97 Å². The Labute approximate surface area is 54.0 Å². The highest BCUT2D eigenvalue weighted by Gasteiger charge is 2.13. The third-order valence-electron chi connectivity index (χ3n) is 0.540. The van der Waals surface area contributed by atoms with Gasteiger partial charge in [0.15, 0.2) is 0 Å². The average Bonchev–Trinajstić information content (AvgIpc) is 1.87. The molecule has 0 bridgehead atoms. The molecule has 0 aliphatic heterocycles. The topological polar surface area (TPSA) is 99.0 Å². The zero-order valence-electron chi connectivity index (χ0n) is 4.54. The highest BCUT2D eigenvalue weighted by atomic mass is 19.2. The Morgan fingerprint density at radius 2 is 1.90 bits per heavy atom. The third-order valence-corrected chi connectivity index (χ3v) is 0.540.